The van der Waals surface area contributed by atoms with Crippen molar-refractivity contribution < 1.29 is 0 Å². The maximum atomic E-state index is 6.17. The van der Waals surface area contributed by atoms with E-state index in [0.717, 1.165) is 73.0 Å². The second-order valence-corrected chi connectivity index (χ2v) is 29.2. The Labute approximate surface area is 563 Å². The number of benzene rings is 7. The number of aromatic nitrogens is 4. The molecule has 0 N–H and O–H groups in total. The van der Waals surface area contributed by atoms with E-state index in [2.05, 4.69) is 325 Å². The molecule has 0 saturated carbocycles. The van der Waals surface area contributed by atoms with Crippen LogP contribution in [0.5, 0.6) is 0 Å². The minimum absolute atomic E-state index is 0.252. The first-order valence-electron chi connectivity index (χ1n) is 34.7. The molecule has 4 heterocycles. The molecule has 4 nitrogen and oxygen atoms in total. The zero-order chi connectivity index (χ0) is 66.9. The maximum absolute atomic E-state index is 6.17. The monoisotopic (exact) mass is 1230 g/mol. The van der Waals surface area contributed by atoms with E-state index in [4.69, 9.17) is 19.9 Å². The van der Waals surface area contributed by atoms with Gasteiger partial charge in [0, 0.05) is 24.2 Å². The van der Waals surface area contributed by atoms with Gasteiger partial charge < -0.3 is 0 Å². The molecule has 0 fully saturated rings. The fourth-order valence-electron chi connectivity index (χ4n) is 14.7. The molecule has 0 aliphatic heterocycles. The number of pyridine rings is 4. The molecule has 0 aliphatic rings. The highest BCUT2D eigenvalue weighted by Crippen LogP contribution is 2.49. The van der Waals surface area contributed by atoms with Gasteiger partial charge in [-0.3, -0.25) is 19.9 Å². The Morgan fingerprint density at radius 3 is 0.894 bits per heavy atom. The lowest BCUT2D eigenvalue weighted by molar-refractivity contribution is 0.621. The fourth-order valence-corrected chi connectivity index (χ4v) is 14.7. The molecule has 0 radical (unpaired) electrons. The molecule has 0 spiro atoms. The Bertz CT molecular complexity index is 4270. The Kier molecular flexibility index (Phi) is 19.6. The van der Waals surface area contributed by atoms with Gasteiger partial charge in [0.2, 0.25) is 0 Å². The maximum Gasteiger partial charge on any atom is 0.0939 e. The highest BCUT2D eigenvalue weighted by atomic mass is 14.8. The van der Waals surface area contributed by atoms with Crippen molar-refractivity contribution in [2.75, 3.05) is 0 Å². The van der Waals surface area contributed by atoms with Crippen LogP contribution in [-0.2, 0) is 10.8 Å². The van der Waals surface area contributed by atoms with Gasteiger partial charge in [0.25, 0.3) is 0 Å². The first kappa shape index (κ1) is 66.6. The fraction of sp³-hybridized carbons (Fsp3) is 0.311. The molecule has 11 aromatic rings. The molecule has 478 valence electrons. The third kappa shape index (κ3) is 12.8. The van der Waals surface area contributed by atoms with E-state index in [1.807, 2.05) is 18.6 Å². The second-order valence-electron chi connectivity index (χ2n) is 29.2. The van der Waals surface area contributed by atoms with E-state index in [-0.39, 0.29) is 11.8 Å². The Hall–Kier alpha value is -8.86. The van der Waals surface area contributed by atoms with Crippen LogP contribution in [0.2, 0.25) is 0 Å². The van der Waals surface area contributed by atoms with Gasteiger partial charge in [-0.15, -0.1) is 0 Å². The predicted molar refractivity (Wildman–Crippen MR) is 400 cm³/mol. The average Bonchev–Trinajstić information content (AvgIpc) is 0.745. The van der Waals surface area contributed by atoms with Crippen LogP contribution >= 0.6 is 0 Å². The summed E-state index contributed by atoms with van der Waals surface area (Å²) in [6.45, 7) is 41.8. The van der Waals surface area contributed by atoms with Gasteiger partial charge >= 0.3 is 0 Å². The van der Waals surface area contributed by atoms with Gasteiger partial charge in [0.1, 0.15) is 0 Å². The minimum atomic E-state index is -1.01. The minimum Gasteiger partial charge on any atom is -0.260 e. The van der Waals surface area contributed by atoms with Crippen LogP contribution in [0.4, 0.5) is 0 Å². The number of nitrogens with zero attached hydrogens (tertiary/aromatic N) is 4. The SMILES string of the molecule is CC(C)c1cccc(C(C)C)c1-c1cc(-c2cc(-c3ccccc3)cc(C(C)(c3cc(-c4c(C(C)C)cccc4C(C)C)ccn3)c3cc(-c4c(C(C)C)cccc4C(C)C)ccn3)n2)cc(C(C)(c2ccccc2)c2cc(-c3c(C(C)C)cccc3C(C)C)ccn2)c1. The van der Waals surface area contributed by atoms with Crippen LogP contribution in [0.25, 0.3) is 66.9 Å². The van der Waals surface area contributed by atoms with Crippen molar-refractivity contribution in [3.63, 3.8) is 0 Å². The van der Waals surface area contributed by atoms with Crippen LogP contribution in [0, 0.1) is 0 Å². The lowest BCUT2D eigenvalue weighted by Gasteiger charge is -2.33. The van der Waals surface area contributed by atoms with E-state index in [0.29, 0.717) is 35.5 Å². The smallest absolute Gasteiger partial charge is 0.0939 e. The van der Waals surface area contributed by atoms with Crippen molar-refractivity contribution in [3.8, 4) is 66.9 Å². The summed E-state index contributed by atoms with van der Waals surface area (Å²) < 4.78 is 0. The van der Waals surface area contributed by atoms with Crippen molar-refractivity contribution in [3.05, 3.63) is 297 Å². The van der Waals surface area contributed by atoms with Crippen LogP contribution < -0.4 is 0 Å². The predicted octanol–water partition coefficient (Wildman–Crippen LogP) is 25.0. The van der Waals surface area contributed by atoms with E-state index in [1.165, 1.54) is 72.3 Å². The van der Waals surface area contributed by atoms with Gasteiger partial charge in [-0.25, -0.2) is 0 Å². The molecular weight excluding hydrogens is 1140 g/mol. The van der Waals surface area contributed by atoms with Gasteiger partial charge in [0.15, 0.2) is 0 Å². The summed E-state index contributed by atoms with van der Waals surface area (Å²) in [6, 6.07) is 75.1. The van der Waals surface area contributed by atoms with Crippen molar-refractivity contribution in [1.29, 1.82) is 0 Å². The van der Waals surface area contributed by atoms with Gasteiger partial charge in [-0.1, -0.05) is 244 Å². The zero-order valence-electron chi connectivity index (χ0n) is 59.2. The highest BCUT2D eigenvalue weighted by Gasteiger charge is 2.39. The highest BCUT2D eigenvalue weighted by molar-refractivity contribution is 5.82. The van der Waals surface area contributed by atoms with E-state index >= 15 is 0 Å². The summed E-state index contributed by atoms with van der Waals surface area (Å²) in [5, 5.41) is 0. The molecule has 11 rings (SSSR count). The van der Waals surface area contributed by atoms with Crippen LogP contribution in [0.1, 0.15) is 250 Å². The third-order valence-corrected chi connectivity index (χ3v) is 20.1. The van der Waals surface area contributed by atoms with Gasteiger partial charge in [0.05, 0.1) is 39.3 Å². The van der Waals surface area contributed by atoms with Crippen LogP contribution in [0.15, 0.2) is 219 Å². The molecule has 0 aliphatic carbocycles. The lowest BCUT2D eigenvalue weighted by Crippen LogP contribution is -2.29. The van der Waals surface area contributed by atoms with E-state index in [9.17, 15) is 0 Å². The van der Waals surface area contributed by atoms with Gasteiger partial charge in [-0.2, -0.15) is 0 Å². The second kappa shape index (κ2) is 27.6. The van der Waals surface area contributed by atoms with Crippen molar-refractivity contribution >= 4 is 0 Å². The van der Waals surface area contributed by atoms with Crippen molar-refractivity contribution in [2.24, 2.45) is 0 Å². The molecule has 1 unspecified atom stereocenters. The molecule has 4 heteroatoms. The van der Waals surface area contributed by atoms with Crippen LogP contribution in [0.3, 0.4) is 0 Å². The Morgan fingerprint density at radius 1 is 0.234 bits per heavy atom. The van der Waals surface area contributed by atoms with Crippen molar-refractivity contribution in [2.45, 2.75) is 183 Å². The average molecular weight is 1240 g/mol. The number of hydrogen-bond donors (Lipinski definition) is 0. The zero-order valence-corrected chi connectivity index (χ0v) is 59.2. The molecule has 94 heavy (non-hydrogen) atoms. The van der Waals surface area contributed by atoms with E-state index in [1.54, 1.807) is 0 Å². The standard InChI is InChI=1S/C90H98N4/c1-55(2)72-33-25-34-73(56(3)4)85(72)64-41-44-91-81(51-64)89(17,70-31-23-20-24-32-70)71-48-68(47-69(49-71)88-78(61(13)14)39-28-40-79(88)62(15)16)80-50-67(63-29-21-19-22-30-63)54-84(94-80)90(18,82-52-65(42-45-92-82)86-74(57(5)6)35-26-36-75(86)58(7)8)83-53-66(43-46-93-83)87-76(59(9)10)37-27-38-77(87)60(11)12/h19-62H,1-18H3. The summed E-state index contributed by atoms with van der Waals surface area (Å²) in [7, 11) is 0. The number of rotatable bonds is 20. The van der Waals surface area contributed by atoms with Crippen molar-refractivity contribution in [1.82, 2.24) is 19.9 Å². The third-order valence-electron chi connectivity index (χ3n) is 20.1. The molecule has 0 bridgehead atoms. The Morgan fingerprint density at radius 2 is 0.543 bits per heavy atom. The molecule has 7 aromatic carbocycles. The summed E-state index contributed by atoms with van der Waals surface area (Å²) in [6.07, 6.45) is 6.09. The summed E-state index contributed by atoms with van der Waals surface area (Å²) in [5.41, 5.74) is 28.5. The number of hydrogen-bond acceptors (Lipinski definition) is 4. The summed E-state index contributed by atoms with van der Waals surface area (Å²) >= 11 is 0. The van der Waals surface area contributed by atoms with Gasteiger partial charge in [-0.05, 0) is 239 Å². The first-order chi connectivity index (χ1) is 45.0. The molecule has 0 amide bonds. The molecule has 1 atom stereocenters. The normalized spacial score (nSPS) is 12.8. The summed E-state index contributed by atoms with van der Waals surface area (Å²) in [4.78, 5) is 22.7. The van der Waals surface area contributed by atoms with E-state index < -0.39 is 10.8 Å². The quantitative estimate of drug-likeness (QED) is 0.0763. The largest absolute Gasteiger partial charge is 0.260 e. The molecule has 0 saturated heterocycles. The first-order valence-corrected chi connectivity index (χ1v) is 34.7. The Balaban J connectivity index is 1.26. The topological polar surface area (TPSA) is 51.6 Å². The lowest BCUT2D eigenvalue weighted by atomic mass is 9.71. The van der Waals surface area contributed by atoms with Crippen LogP contribution in [-0.4, -0.2) is 19.9 Å². The molecule has 4 aromatic heterocycles. The molecular formula is C90H98N4. The summed E-state index contributed by atoms with van der Waals surface area (Å²) in [5.74, 6) is 2.34.